The number of amides is 1. The lowest BCUT2D eigenvalue weighted by molar-refractivity contribution is -0.119. The Morgan fingerprint density at radius 2 is 1.78 bits per heavy atom. The van der Waals surface area contributed by atoms with E-state index in [1.165, 1.54) is 26.2 Å². The van der Waals surface area contributed by atoms with Crippen molar-refractivity contribution in [2.45, 2.75) is 18.7 Å². The standard InChI is InChI=1S/C14H18N4O4S/c1-9(2)12(19)15-14-17-16-13(22-14)10-5-7-11(8-6-10)23(20,21)18(3)4/h5-9H,1-4H3,(H,15,17,19). The van der Waals surface area contributed by atoms with Gasteiger partial charge in [-0.25, -0.2) is 12.7 Å². The van der Waals surface area contributed by atoms with Gasteiger partial charge in [0.2, 0.25) is 21.8 Å². The summed E-state index contributed by atoms with van der Waals surface area (Å²) in [5, 5.41) is 10.1. The number of hydrogen-bond acceptors (Lipinski definition) is 6. The van der Waals surface area contributed by atoms with Gasteiger partial charge in [-0.05, 0) is 24.3 Å². The summed E-state index contributed by atoms with van der Waals surface area (Å²) < 4.78 is 30.5. The highest BCUT2D eigenvalue weighted by atomic mass is 32.2. The molecule has 1 amide bonds. The number of carbonyl (C=O) groups excluding carboxylic acids is 1. The van der Waals surface area contributed by atoms with Crippen LogP contribution in [0.15, 0.2) is 33.6 Å². The lowest BCUT2D eigenvalue weighted by Crippen LogP contribution is -2.22. The molecule has 0 fully saturated rings. The molecule has 2 rings (SSSR count). The molecule has 8 nitrogen and oxygen atoms in total. The molecule has 0 aliphatic rings. The van der Waals surface area contributed by atoms with Crippen molar-refractivity contribution in [3.8, 4) is 11.5 Å². The van der Waals surface area contributed by atoms with Crippen molar-refractivity contribution in [2.75, 3.05) is 19.4 Å². The van der Waals surface area contributed by atoms with E-state index >= 15 is 0 Å². The van der Waals surface area contributed by atoms with Gasteiger partial charge in [0.05, 0.1) is 4.90 Å². The van der Waals surface area contributed by atoms with Crippen LogP contribution in [0.1, 0.15) is 13.8 Å². The van der Waals surface area contributed by atoms with Gasteiger partial charge in [-0.1, -0.05) is 18.9 Å². The summed E-state index contributed by atoms with van der Waals surface area (Å²) in [4.78, 5) is 11.7. The van der Waals surface area contributed by atoms with Crippen LogP contribution in [0.25, 0.3) is 11.5 Å². The minimum atomic E-state index is -3.49. The first-order valence-electron chi connectivity index (χ1n) is 6.89. The van der Waals surface area contributed by atoms with Gasteiger partial charge in [-0.2, -0.15) is 0 Å². The average molecular weight is 338 g/mol. The lowest BCUT2D eigenvalue weighted by Gasteiger charge is -2.11. The highest BCUT2D eigenvalue weighted by molar-refractivity contribution is 7.89. The van der Waals surface area contributed by atoms with E-state index in [9.17, 15) is 13.2 Å². The maximum Gasteiger partial charge on any atom is 0.322 e. The minimum Gasteiger partial charge on any atom is -0.403 e. The van der Waals surface area contributed by atoms with Gasteiger partial charge < -0.3 is 4.42 Å². The summed E-state index contributed by atoms with van der Waals surface area (Å²) >= 11 is 0. The lowest BCUT2D eigenvalue weighted by atomic mass is 10.2. The quantitative estimate of drug-likeness (QED) is 0.887. The van der Waals surface area contributed by atoms with Crippen molar-refractivity contribution in [3.63, 3.8) is 0 Å². The molecular weight excluding hydrogens is 320 g/mol. The molecule has 0 aliphatic heterocycles. The Balaban J connectivity index is 2.21. The van der Waals surface area contributed by atoms with Gasteiger partial charge in [-0.3, -0.25) is 10.1 Å². The predicted octanol–water partition coefficient (Wildman–Crippen LogP) is 1.58. The normalized spacial score (nSPS) is 11.9. The number of aromatic nitrogens is 2. The number of nitrogens with zero attached hydrogens (tertiary/aromatic N) is 3. The summed E-state index contributed by atoms with van der Waals surface area (Å²) in [5.41, 5.74) is 0.556. The molecule has 0 atom stereocenters. The smallest absolute Gasteiger partial charge is 0.322 e. The fraction of sp³-hybridized carbons (Fsp3) is 0.357. The first kappa shape index (κ1) is 17.1. The highest BCUT2D eigenvalue weighted by Crippen LogP contribution is 2.22. The van der Waals surface area contributed by atoms with E-state index in [1.807, 2.05) is 0 Å². The number of nitrogens with one attached hydrogen (secondary N) is 1. The molecule has 0 radical (unpaired) electrons. The number of hydrogen-bond donors (Lipinski definition) is 1. The van der Waals surface area contributed by atoms with Crippen LogP contribution in [0.5, 0.6) is 0 Å². The van der Waals surface area contributed by atoms with E-state index in [-0.39, 0.29) is 28.6 Å². The molecule has 0 spiro atoms. The summed E-state index contributed by atoms with van der Waals surface area (Å²) in [5.74, 6) is -0.244. The Morgan fingerprint density at radius 1 is 1.17 bits per heavy atom. The Hall–Kier alpha value is -2.26. The van der Waals surface area contributed by atoms with Crippen LogP contribution in [-0.4, -0.2) is 42.9 Å². The molecule has 9 heteroatoms. The molecule has 0 unspecified atom stereocenters. The zero-order chi connectivity index (χ0) is 17.2. The Labute approximate surface area is 134 Å². The molecule has 124 valence electrons. The molecule has 0 aliphatic carbocycles. The number of carbonyl (C=O) groups is 1. The Kier molecular flexibility index (Phi) is 4.81. The topological polar surface area (TPSA) is 105 Å². The van der Waals surface area contributed by atoms with Crippen LogP contribution in [0.4, 0.5) is 6.01 Å². The minimum absolute atomic E-state index is 0.00342. The van der Waals surface area contributed by atoms with Gasteiger partial charge >= 0.3 is 6.01 Å². The van der Waals surface area contributed by atoms with Crippen LogP contribution < -0.4 is 5.32 Å². The molecule has 1 N–H and O–H groups in total. The van der Waals surface area contributed by atoms with E-state index < -0.39 is 10.0 Å². The number of rotatable bonds is 5. The number of anilines is 1. The monoisotopic (exact) mass is 338 g/mol. The molecule has 1 aromatic carbocycles. The van der Waals surface area contributed by atoms with Crippen LogP contribution in [0.3, 0.4) is 0 Å². The average Bonchev–Trinajstić information content (AvgIpc) is 2.95. The second kappa shape index (κ2) is 6.47. The van der Waals surface area contributed by atoms with Crippen LogP contribution in [0, 0.1) is 5.92 Å². The van der Waals surface area contributed by atoms with Crippen molar-refractivity contribution in [2.24, 2.45) is 5.92 Å². The molecule has 0 saturated carbocycles. The van der Waals surface area contributed by atoms with Crippen LogP contribution in [0.2, 0.25) is 0 Å². The predicted molar refractivity (Wildman–Crippen MR) is 84.1 cm³/mol. The fourth-order valence-corrected chi connectivity index (χ4v) is 2.52. The first-order valence-corrected chi connectivity index (χ1v) is 8.33. The van der Waals surface area contributed by atoms with Crippen molar-refractivity contribution in [1.82, 2.24) is 14.5 Å². The molecular formula is C14H18N4O4S. The Bertz CT molecular complexity index is 794. The van der Waals surface area contributed by atoms with Gasteiger partial charge in [0, 0.05) is 25.6 Å². The van der Waals surface area contributed by atoms with Gasteiger partial charge in [0.25, 0.3) is 0 Å². The summed E-state index contributed by atoms with van der Waals surface area (Å²) in [6.07, 6.45) is 0. The summed E-state index contributed by atoms with van der Waals surface area (Å²) in [6, 6.07) is 6.06. The third-order valence-corrected chi connectivity index (χ3v) is 4.89. The van der Waals surface area contributed by atoms with Gasteiger partial charge in [0.15, 0.2) is 0 Å². The molecule has 23 heavy (non-hydrogen) atoms. The van der Waals surface area contributed by atoms with Gasteiger partial charge in [0.1, 0.15) is 0 Å². The van der Waals surface area contributed by atoms with Crippen molar-refractivity contribution < 1.29 is 17.6 Å². The van der Waals surface area contributed by atoms with Crippen LogP contribution >= 0.6 is 0 Å². The van der Waals surface area contributed by atoms with E-state index in [0.29, 0.717) is 5.56 Å². The third-order valence-electron chi connectivity index (χ3n) is 3.06. The molecule has 2 aromatic rings. The number of benzene rings is 1. The van der Waals surface area contributed by atoms with Crippen molar-refractivity contribution in [3.05, 3.63) is 24.3 Å². The van der Waals surface area contributed by atoms with Crippen molar-refractivity contribution >= 4 is 21.9 Å². The molecule has 1 heterocycles. The number of sulfonamides is 1. The third kappa shape index (κ3) is 3.74. The zero-order valence-corrected chi connectivity index (χ0v) is 14.1. The van der Waals surface area contributed by atoms with Gasteiger partial charge in [-0.15, -0.1) is 5.10 Å². The van der Waals surface area contributed by atoms with E-state index in [4.69, 9.17) is 4.42 Å². The SMILES string of the molecule is CC(C)C(=O)Nc1nnc(-c2ccc(S(=O)(=O)N(C)C)cc2)o1. The zero-order valence-electron chi connectivity index (χ0n) is 13.3. The van der Waals surface area contributed by atoms with Crippen molar-refractivity contribution in [1.29, 1.82) is 0 Å². The largest absolute Gasteiger partial charge is 0.403 e. The second-order valence-corrected chi connectivity index (χ2v) is 7.52. The fourth-order valence-electron chi connectivity index (χ4n) is 1.62. The van der Waals surface area contributed by atoms with Crippen LogP contribution in [-0.2, 0) is 14.8 Å². The highest BCUT2D eigenvalue weighted by Gasteiger charge is 2.18. The second-order valence-electron chi connectivity index (χ2n) is 5.37. The van der Waals surface area contributed by atoms with E-state index in [2.05, 4.69) is 15.5 Å². The maximum absolute atomic E-state index is 12.0. The summed E-state index contributed by atoms with van der Waals surface area (Å²) in [6.45, 7) is 3.49. The first-order chi connectivity index (χ1) is 10.7. The molecule has 1 aromatic heterocycles. The Morgan fingerprint density at radius 3 is 2.30 bits per heavy atom. The maximum atomic E-state index is 12.0. The summed E-state index contributed by atoms with van der Waals surface area (Å²) in [7, 11) is -0.560. The van der Waals surface area contributed by atoms with E-state index in [0.717, 1.165) is 4.31 Å². The van der Waals surface area contributed by atoms with E-state index in [1.54, 1.807) is 26.0 Å². The molecule has 0 bridgehead atoms. The molecule has 0 saturated heterocycles.